The third-order valence-electron chi connectivity index (χ3n) is 8.78. The van der Waals surface area contributed by atoms with Gasteiger partial charge in [-0.25, -0.2) is 8.78 Å². The molecule has 0 spiro atoms. The van der Waals surface area contributed by atoms with Crippen LogP contribution in [0.25, 0.3) is 49.7 Å². The van der Waals surface area contributed by atoms with E-state index < -0.39 is 0 Å². The molecule has 2 nitrogen and oxygen atoms in total. The van der Waals surface area contributed by atoms with Crippen LogP contribution >= 0.6 is 0 Å². The molecule has 226 valence electrons. The molecule has 0 N–H and O–H groups in total. The minimum Gasteiger partial charge on any atom is -0.311 e. The summed E-state index contributed by atoms with van der Waals surface area (Å²) in [6.45, 7) is 2.14. The Morgan fingerprint density at radius 2 is 0.851 bits per heavy atom. The first-order valence-corrected chi connectivity index (χ1v) is 15.6. The highest BCUT2D eigenvalue weighted by molar-refractivity contribution is 6.10. The molecule has 47 heavy (non-hydrogen) atoms. The zero-order valence-corrected chi connectivity index (χ0v) is 25.7. The highest BCUT2D eigenvalue weighted by Crippen LogP contribution is 2.39. The van der Waals surface area contributed by atoms with Gasteiger partial charge >= 0.3 is 0 Å². The van der Waals surface area contributed by atoms with E-state index in [2.05, 4.69) is 101 Å². The molecule has 0 radical (unpaired) electrons. The molecule has 1 heterocycles. The van der Waals surface area contributed by atoms with Crippen molar-refractivity contribution in [2.24, 2.45) is 0 Å². The standard InChI is InChI=1S/C43H30F2N2/c1-29-7-25-42-40(27-29)41-28-33(14-26-43(41)47(42)36-5-3-2-4-6-36)32-12-21-38(22-13-32)46(39-23-17-35(45)18-24-39)37-19-10-31(11-20-37)30-8-15-34(44)16-9-30/h2-28H,1H3. The zero-order chi connectivity index (χ0) is 31.9. The number of anilines is 3. The van der Waals surface area contributed by atoms with Crippen molar-refractivity contribution in [3.8, 4) is 27.9 Å². The van der Waals surface area contributed by atoms with Crippen LogP contribution in [-0.2, 0) is 0 Å². The number of aryl methyl sites for hydroxylation is 1. The summed E-state index contributed by atoms with van der Waals surface area (Å²) in [4.78, 5) is 2.11. The van der Waals surface area contributed by atoms with Crippen molar-refractivity contribution in [1.82, 2.24) is 4.57 Å². The monoisotopic (exact) mass is 612 g/mol. The van der Waals surface area contributed by atoms with Crippen LogP contribution in [0.1, 0.15) is 5.56 Å². The van der Waals surface area contributed by atoms with Crippen LogP contribution in [0.2, 0.25) is 0 Å². The molecular weight excluding hydrogens is 582 g/mol. The van der Waals surface area contributed by atoms with Gasteiger partial charge in [-0.2, -0.15) is 0 Å². The highest BCUT2D eigenvalue weighted by Gasteiger charge is 2.16. The lowest BCUT2D eigenvalue weighted by Crippen LogP contribution is -2.09. The number of hydrogen-bond donors (Lipinski definition) is 0. The smallest absolute Gasteiger partial charge is 0.123 e. The summed E-state index contributed by atoms with van der Waals surface area (Å²) in [5, 5.41) is 2.44. The molecule has 0 unspecified atom stereocenters. The Kier molecular flexibility index (Phi) is 7.11. The lowest BCUT2D eigenvalue weighted by molar-refractivity contribution is 0.627. The van der Waals surface area contributed by atoms with Gasteiger partial charge in [-0.1, -0.05) is 72.3 Å². The van der Waals surface area contributed by atoms with Crippen LogP contribution < -0.4 is 4.90 Å². The SMILES string of the molecule is Cc1ccc2c(c1)c1cc(-c3ccc(N(c4ccc(F)cc4)c4ccc(-c5ccc(F)cc5)cc4)cc3)ccc1n2-c1ccccc1. The van der Waals surface area contributed by atoms with E-state index >= 15 is 0 Å². The van der Waals surface area contributed by atoms with E-state index in [1.165, 1.54) is 51.6 Å². The van der Waals surface area contributed by atoms with Gasteiger partial charge in [0.2, 0.25) is 0 Å². The Morgan fingerprint density at radius 1 is 0.426 bits per heavy atom. The number of para-hydroxylation sites is 1. The van der Waals surface area contributed by atoms with Crippen molar-refractivity contribution in [2.45, 2.75) is 6.92 Å². The number of nitrogens with zero attached hydrogens (tertiary/aromatic N) is 2. The van der Waals surface area contributed by atoms with Gasteiger partial charge < -0.3 is 9.47 Å². The van der Waals surface area contributed by atoms with Crippen molar-refractivity contribution in [2.75, 3.05) is 4.90 Å². The minimum absolute atomic E-state index is 0.259. The van der Waals surface area contributed by atoms with Gasteiger partial charge in [0.05, 0.1) is 11.0 Å². The average Bonchev–Trinajstić information content (AvgIpc) is 3.43. The van der Waals surface area contributed by atoms with Gasteiger partial charge in [-0.3, -0.25) is 0 Å². The Bertz CT molecular complexity index is 2340. The number of benzene rings is 7. The van der Waals surface area contributed by atoms with Crippen LogP contribution in [0, 0.1) is 18.6 Å². The Balaban J connectivity index is 1.18. The summed E-state index contributed by atoms with van der Waals surface area (Å²) >= 11 is 0. The number of rotatable bonds is 6. The molecule has 0 fully saturated rings. The predicted octanol–water partition coefficient (Wildman–Crippen LogP) is 12.2. The van der Waals surface area contributed by atoms with Gasteiger partial charge in [-0.15, -0.1) is 0 Å². The molecule has 0 atom stereocenters. The van der Waals surface area contributed by atoms with Gasteiger partial charge in [0, 0.05) is 33.5 Å². The minimum atomic E-state index is -0.282. The van der Waals surface area contributed by atoms with Crippen molar-refractivity contribution in [1.29, 1.82) is 0 Å². The van der Waals surface area contributed by atoms with Crippen molar-refractivity contribution >= 4 is 38.9 Å². The number of hydrogen-bond acceptors (Lipinski definition) is 1. The summed E-state index contributed by atoms with van der Waals surface area (Å²) in [6, 6.07) is 53.5. The summed E-state index contributed by atoms with van der Waals surface area (Å²) in [7, 11) is 0. The molecular formula is C43H30F2N2. The molecule has 7 aromatic carbocycles. The maximum Gasteiger partial charge on any atom is 0.123 e. The second-order valence-electron chi connectivity index (χ2n) is 11.8. The quantitative estimate of drug-likeness (QED) is 0.181. The van der Waals surface area contributed by atoms with Gasteiger partial charge in [-0.05, 0) is 126 Å². The molecule has 0 aliphatic rings. The topological polar surface area (TPSA) is 8.17 Å². The number of fused-ring (bicyclic) bond motifs is 3. The van der Waals surface area contributed by atoms with Crippen molar-refractivity contribution in [3.63, 3.8) is 0 Å². The second-order valence-corrected chi connectivity index (χ2v) is 11.8. The first-order chi connectivity index (χ1) is 23.0. The molecule has 0 saturated carbocycles. The fourth-order valence-corrected chi connectivity index (χ4v) is 6.46. The lowest BCUT2D eigenvalue weighted by Gasteiger charge is -2.26. The zero-order valence-electron chi connectivity index (χ0n) is 25.7. The fourth-order valence-electron chi connectivity index (χ4n) is 6.46. The van der Waals surface area contributed by atoms with Crippen LogP contribution in [0.5, 0.6) is 0 Å². The van der Waals surface area contributed by atoms with Gasteiger partial charge in [0.15, 0.2) is 0 Å². The van der Waals surface area contributed by atoms with E-state index in [0.717, 1.165) is 45.0 Å². The summed E-state index contributed by atoms with van der Waals surface area (Å²) in [6.07, 6.45) is 0. The van der Waals surface area contributed by atoms with E-state index in [1.54, 1.807) is 24.3 Å². The summed E-state index contributed by atoms with van der Waals surface area (Å²) < 4.78 is 29.8. The molecule has 0 aliphatic carbocycles. The van der Waals surface area contributed by atoms with Crippen LogP contribution in [0.4, 0.5) is 25.8 Å². The molecule has 4 heteroatoms. The van der Waals surface area contributed by atoms with Crippen LogP contribution in [0.3, 0.4) is 0 Å². The van der Waals surface area contributed by atoms with Gasteiger partial charge in [0.25, 0.3) is 0 Å². The lowest BCUT2D eigenvalue weighted by atomic mass is 10.0. The van der Waals surface area contributed by atoms with E-state index in [9.17, 15) is 8.78 Å². The third kappa shape index (κ3) is 5.34. The first-order valence-electron chi connectivity index (χ1n) is 15.6. The Morgan fingerprint density at radius 3 is 1.43 bits per heavy atom. The van der Waals surface area contributed by atoms with E-state index in [0.29, 0.717) is 0 Å². The van der Waals surface area contributed by atoms with Crippen molar-refractivity contribution < 1.29 is 8.78 Å². The Hall–Kier alpha value is -6.00. The maximum absolute atomic E-state index is 13.9. The predicted molar refractivity (Wildman–Crippen MR) is 191 cm³/mol. The molecule has 8 rings (SSSR count). The second kappa shape index (κ2) is 11.7. The molecule has 0 bridgehead atoms. The third-order valence-corrected chi connectivity index (χ3v) is 8.78. The molecule has 0 amide bonds. The summed E-state index contributed by atoms with van der Waals surface area (Å²) in [5.41, 5.74) is 11.6. The van der Waals surface area contributed by atoms with Crippen LogP contribution in [-0.4, -0.2) is 4.57 Å². The highest BCUT2D eigenvalue weighted by atomic mass is 19.1. The average molecular weight is 613 g/mol. The normalized spacial score (nSPS) is 11.3. The maximum atomic E-state index is 13.9. The molecule has 1 aromatic heterocycles. The molecule has 0 aliphatic heterocycles. The van der Waals surface area contributed by atoms with E-state index in [1.807, 2.05) is 30.3 Å². The molecule has 0 saturated heterocycles. The van der Waals surface area contributed by atoms with Gasteiger partial charge in [0.1, 0.15) is 11.6 Å². The Labute approximate surface area is 272 Å². The number of halogens is 2. The fraction of sp³-hybridized carbons (Fsp3) is 0.0233. The largest absolute Gasteiger partial charge is 0.311 e. The van der Waals surface area contributed by atoms with Crippen molar-refractivity contribution in [3.05, 3.63) is 181 Å². The number of aromatic nitrogens is 1. The molecule has 8 aromatic rings. The van der Waals surface area contributed by atoms with E-state index in [-0.39, 0.29) is 11.6 Å². The van der Waals surface area contributed by atoms with E-state index in [4.69, 9.17) is 0 Å². The van der Waals surface area contributed by atoms with Crippen LogP contribution in [0.15, 0.2) is 164 Å². The summed E-state index contributed by atoms with van der Waals surface area (Å²) in [5.74, 6) is -0.542. The first kappa shape index (κ1) is 28.5.